The molecule has 3 heteroatoms. The predicted octanol–water partition coefficient (Wildman–Crippen LogP) is 15.7. The van der Waals surface area contributed by atoms with Crippen molar-refractivity contribution in [2.75, 3.05) is 4.90 Å². The summed E-state index contributed by atoms with van der Waals surface area (Å²) in [7, 11) is 0. The van der Waals surface area contributed by atoms with Crippen LogP contribution in [0.2, 0.25) is 0 Å². The van der Waals surface area contributed by atoms with Gasteiger partial charge in [0.25, 0.3) is 0 Å². The second-order valence-corrected chi connectivity index (χ2v) is 17.2. The molecule has 0 radical (unpaired) electrons. The highest BCUT2D eigenvalue weighted by atomic mass is 15.2. The maximum atomic E-state index is 2.51. The Balaban J connectivity index is 1.06. The standard InChI is InChI=1S/C61H39N3/c1-8-29-51-44(22-1)45-23-2-9-30-52(45)61(51)53-31-10-3-28-50(53)60-54(61)32-17-37-59(60)62(40-18-15-20-42(38-40)63-55-33-11-4-24-46(55)47-25-5-12-34-56(47)63)41-19-16-21-43(39-41)64-57-35-13-6-26-48(57)49-27-7-14-36-58(49)64/h1-39H. The molecular formula is C61H39N3. The van der Waals surface area contributed by atoms with Crippen LogP contribution in [0.1, 0.15) is 22.3 Å². The summed E-state index contributed by atoms with van der Waals surface area (Å²) < 4.78 is 4.85. The quantitative estimate of drug-likeness (QED) is 0.169. The van der Waals surface area contributed by atoms with Crippen molar-refractivity contribution in [3.05, 3.63) is 259 Å². The lowest BCUT2D eigenvalue weighted by atomic mass is 9.70. The van der Waals surface area contributed by atoms with Crippen molar-refractivity contribution in [1.29, 1.82) is 0 Å². The van der Waals surface area contributed by atoms with Crippen molar-refractivity contribution in [3.8, 4) is 33.6 Å². The van der Waals surface area contributed by atoms with Gasteiger partial charge in [-0.25, -0.2) is 0 Å². The van der Waals surface area contributed by atoms with Gasteiger partial charge in [0.05, 0.1) is 33.2 Å². The molecule has 0 atom stereocenters. The summed E-state index contributed by atoms with van der Waals surface area (Å²) in [5.41, 5.74) is 20.3. The number of fused-ring (bicyclic) bond motifs is 16. The van der Waals surface area contributed by atoms with Crippen LogP contribution >= 0.6 is 0 Å². The van der Waals surface area contributed by atoms with Crippen LogP contribution in [0.25, 0.3) is 77.2 Å². The number of hydrogen-bond acceptors (Lipinski definition) is 1. The van der Waals surface area contributed by atoms with Crippen LogP contribution in [0, 0.1) is 0 Å². The van der Waals surface area contributed by atoms with Gasteiger partial charge >= 0.3 is 0 Å². The van der Waals surface area contributed by atoms with E-state index in [0.717, 1.165) is 28.4 Å². The van der Waals surface area contributed by atoms with Gasteiger partial charge in [-0.3, -0.25) is 0 Å². The zero-order chi connectivity index (χ0) is 41.9. The van der Waals surface area contributed by atoms with Gasteiger partial charge in [-0.2, -0.15) is 0 Å². The van der Waals surface area contributed by atoms with E-state index in [4.69, 9.17) is 0 Å². The topological polar surface area (TPSA) is 13.1 Å². The van der Waals surface area contributed by atoms with Crippen LogP contribution in [-0.4, -0.2) is 9.13 Å². The fourth-order valence-corrected chi connectivity index (χ4v) is 11.7. The number of rotatable bonds is 5. The first-order valence-corrected chi connectivity index (χ1v) is 22.2. The second kappa shape index (κ2) is 13.3. The molecule has 64 heavy (non-hydrogen) atoms. The molecule has 2 aromatic heterocycles. The molecule has 2 aliphatic rings. The molecule has 12 aromatic rings. The van der Waals surface area contributed by atoms with Crippen molar-refractivity contribution >= 4 is 60.7 Å². The molecular weight excluding hydrogens is 775 g/mol. The molecule has 298 valence electrons. The Morgan fingerprint density at radius 3 is 1.12 bits per heavy atom. The molecule has 0 fully saturated rings. The van der Waals surface area contributed by atoms with Crippen molar-refractivity contribution in [2.45, 2.75) is 5.41 Å². The maximum Gasteiger partial charge on any atom is 0.0726 e. The zero-order valence-electron chi connectivity index (χ0n) is 34.9. The Morgan fingerprint density at radius 2 is 0.656 bits per heavy atom. The van der Waals surface area contributed by atoms with E-state index in [-0.39, 0.29) is 0 Å². The molecule has 1 spiro atoms. The van der Waals surface area contributed by atoms with Crippen molar-refractivity contribution in [3.63, 3.8) is 0 Å². The van der Waals surface area contributed by atoms with Gasteiger partial charge in [0.2, 0.25) is 0 Å². The molecule has 0 aliphatic heterocycles. The lowest BCUT2D eigenvalue weighted by molar-refractivity contribution is 0.794. The zero-order valence-corrected chi connectivity index (χ0v) is 34.9. The summed E-state index contributed by atoms with van der Waals surface area (Å²) in [5.74, 6) is 0. The van der Waals surface area contributed by atoms with Crippen molar-refractivity contribution < 1.29 is 0 Å². The number of benzene rings is 10. The number of aromatic nitrogens is 2. The van der Waals surface area contributed by atoms with Crippen LogP contribution < -0.4 is 4.90 Å². The first-order chi connectivity index (χ1) is 31.8. The van der Waals surface area contributed by atoms with E-state index in [2.05, 4.69) is 251 Å². The Kier molecular flexibility index (Phi) is 7.32. The fraction of sp³-hybridized carbons (Fsp3) is 0.0164. The van der Waals surface area contributed by atoms with Crippen LogP contribution in [0.5, 0.6) is 0 Å². The molecule has 0 N–H and O–H groups in total. The predicted molar refractivity (Wildman–Crippen MR) is 266 cm³/mol. The minimum absolute atomic E-state index is 0.462. The van der Waals surface area contributed by atoms with E-state index in [0.29, 0.717) is 0 Å². The van der Waals surface area contributed by atoms with E-state index in [1.54, 1.807) is 0 Å². The third-order valence-electron chi connectivity index (χ3n) is 14.1. The van der Waals surface area contributed by atoms with Gasteiger partial charge in [0, 0.05) is 49.9 Å². The Hall–Kier alpha value is -8.40. The molecule has 0 saturated carbocycles. The van der Waals surface area contributed by atoms with Crippen LogP contribution in [-0.2, 0) is 5.41 Å². The maximum absolute atomic E-state index is 2.51. The Bertz CT molecular complexity index is 3570. The highest BCUT2D eigenvalue weighted by Gasteiger charge is 2.52. The lowest BCUT2D eigenvalue weighted by Gasteiger charge is -2.32. The third kappa shape index (κ3) is 4.65. The molecule has 0 saturated heterocycles. The average molecular weight is 814 g/mol. The van der Waals surface area contributed by atoms with Crippen LogP contribution in [0.3, 0.4) is 0 Å². The van der Waals surface area contributed by atoms with Gasteiger partial charge in [-0.1, -0.05) is 170 Å². The summed E-state index contributed by atoms with van der Waals surface area (Å²) in [6, 6.07) is 87.6. The van der Waals surface area contributed by atoms with E-state index < -0.39 is 5.41 Å². The molecule has 2 heterocycles. The van der Waals surface area contributed by atoms with Gasteiger partial charge in [-0.15, -0.1) is 0 Å². The second-order valence-electron chi connectivity index (χ2n) is 17.2. The normalized spacial score (nSPS) is 13.1. The van der Waals surface area contributed by atoms with Crippen molar-refractivity contribution in [2.24, 2.45) is 0 Å². The third-order valence-corrected chi connectivity index (χ3v) is 14.1. The van der Waals surface area contributed by atoms with Gasteiger partial charge in [-0.05, 0) is 106 Å². The minimum atomic E-state index is -0.462. The van der Waals surface area contributed by atoms with Gasteiger partial charge < -0.3 is 14.0 Å². The van der Waals surface area contributed by atoms with E-state index in [1.807, 2.05) is 0 Å². The molecule has 14 rings (SSSR count). The first-order valence-electron chi connectivity index (χ1n) is 22.2. The smallest absolute Gasteiger partial charge is 0.0726 e. The average Bonchev–Trinajstić information content (AvgIpc) is 4.07. The van der Waals surface area contributed by atoms with Crippen molar-refractivity contribution in [1.82, 2.24) is 9.13 Å². The SMILES string of the molecule is c1cc(N(c2cccc(-n3c4ccccc4c4ccccc43)c2)c2cccc3c2-c2ccccc2C32c3ccccc3-c3ccccc32)cc(-n2c3ccccc3c3ccccc32)c1. The Labute approximate surface area is 371 Å². The molecule has 0 bridgehead atoms. The molecule has 0 unspecified atom stereocenters. The number of anilines is 3. The fourth-order valence-electron chi connectivity index (χ4n) is 11.7. The van der Waals surface area contributed by atoms with E-state index in [9.17, 15) is 0 Å². The Morgan fingerprint density at radius 1 is 0.297 bits per heavy atom. The summed E-state index contributed by atoms with van der Waals surface area (Å²) in [6.07, 6.45) is 0. The van der Waals surface area contributed by atoms with Crippen LogP contribution in [0.15, 0.2) is 237 Å². The monoisotopic (exact) mass is 813 g/mol. The summed E-state index contributed by atoms with van der Waals surface area (Å²) in [4.78, 5) is 2.51. The highest BCUT2D eigenvalue weighted by molar-refractivity contribution is 6.11. The number of para-hydroxylation sites is 4. The largest absolute Gasteiger partial charge is 0.310 e. The van der Waals surface area contributed by atoms with Crippen LogP contribution in [0.4, 0.5) is 17.1 Å². The van der Waals surface area contributed by atoms with E-state index >= 15 is 0 Å². The molecule has 2 aliphatic carbocycles. The first kappa shape index (κ1) is 35.2. The van der Waals surface area contributed by atoms with Gasteiger partial charge in [0.15, 0.2) is 0 Å². The number of nitrogens with zero attached hydrogens (tertiary/aromatic N) is 3. The van der Waals surface area contributed by atoms with E-state index in [1.165, 1.54) is 88.1 Å². The minimum Gasteiger partial charge on any atom is -0.310 e. The summed E-state index contributed by atoms with van der Waals surface area (Å²) >= 11 is 0. The lowest BCUT2D eigenvalue weighted by Crippen LogP contribution is -2.26. The molecule has 3 nitrogen and oxygen atoms in total. The van der Waals surface area contributed by atoms with Gasteiger partial charge in [0.1, 0.15) is 0 Å². The summed E-state index contributed by atoms with van der Waals surface area (Å²) in [5, 5.41) is 5.00. The number of hydrogen-bond donors (Lipinski definition) is 0. The molecule has 10 aromatic carbocycles. The summed E-state index contributed by atoms with van der Waals surface area (Å²) in [6.45, 7) is 0. The highest BCUT2D eigenvalue weighted by Crippen LogP contribution is 2.64. The molecule has 0 amide bonds.